The summed E-state index contributed by atoms with van der Waals surface area (Å²) >= 11 is 0. The van der Waals surface area contributed by atoms with Crippen molar-refractivity contribution in [2.45, 2.75) is 25.3 Å². The average Bonchev–Trinajstić information content (AvgIpc) is 2.61. The normalized spacial score (nSPS) is 11.4. The summed E-state index contributed by atoms with van der Waals surface area (Å²) in [7, 11) is -3.56. The van der Waals surface area contributed by atoms with Crippen LogP contribution in [0.3, 0.4) is 0 Å². The van der Waals surface area contributed by atoms with Gasteiger partial charge in [-0.1, -0.05) is 48.0 Å². The zero-order chi connectivity index (χ0) is 17.9. The molecule has 3 rings (SSSR count). The molecule has 4 nitrogen and oxygen atoms in total. The fourth-order valence-electron chi connectivity index (χ4n) is 2.59. The van der Waals surface area contributed by atoms with Crippen molar-refractivity contribution in [3.63, 3.8) is 0 Å². The van der Waals surface area contributed by atoms with Gasteiger partial charge in [-0.25, -0.2) is 13.1 Å². The second kappa shape index (κ2) is 7.17. The molecule has 0 spiro atoms. The van der Waals surface area contributed by atoms with Crippen LogP contribution < -0.4 is 4.72 Å². The Labute approximate surface area is 148 Å². The summed E-state index contributed by atoms with van der Waals surface area (Å²) in [6.07, 6.45) is 1.72. The second-order valence-corrected chi connectivity index (χ2v) is 7.79. The third-order valence-corrected chi connectivity index (χ3v) is 5.37. The molecule has 0 unspecified atom stereocenters. The monoisotopic (exact) mass is 352 g/mol. The molecule has 0 aliphatic heterocycles. The summed E-state index contributed by atoms with van der Waals surface area (Å²) in [5.41, 5.74) is 4.67. The Bertz CT molecular complexity index is 981. The lowest BCUT2D eigenvalue weighted by atomic mass is 10.0. The Morgan fingerprint density at radius 1 is 0.920 bits per heavy atom. The minimum Gasteiger partial charge on any atom is -0.256 e. The third kappa shape index (κ3) is 4.13. The number of aryl methyl sites for hydroxylation is 2. The fraction of sp³-hybridized carbons (Fsp3) is 0.150. The van der Waals surface area contributed by atoms with E-state index in [-0.39, 0.29) is 11.4 Å². The smallest absolute Gasteiger partial charge is 0.240 e. The first-order chi connectivity index (χ1) is 12.0. The van der Waals surface area contributed by atoms with E-state index in [1.54, 1.807) is 24.4 Å². The van der Waals surface area contributed by atoms with Crippen molar-refractivity contribution in [1.82, 2.24) is 9.71 Å². The highest BCUT2D eigenvalue weighted by atomic mass is 32.2. The molecule has 0 aliphatic rings. The van der Waals surface area contributed by atoms with Gasteiger partial charge in [0.15, 0.2) is 0 Å². The first-order valence-corrected chi connectivity index (χ1v) is 9.51. The standard InChI is InChI=1S/C20H20N2O2S/c1-15-8-10-17(11-9-15)20-18(6-4-12-21-20)14-22-25(23,24)19-7-3-5-16(2)13-19/h3-13,22H,14H2,1-2H3. The van der Waals surface area contributed by atoms with E-state index >= 15 is 0 Å². The number of sulfonamides is 1. The molecular weight excluding hydrogens is 332 g/mol. The maximum Gasteiger partial charge on any atom is 0.240 e. The molecule has 1 N–H and O–H groups in total. The van der Waals surface area contributed by atoms with Crippen LogP contribution in [0, 0.1) is 13.8 Å². The minimum absolute atomic E-state index is 0.188. The molecule has 3 aromatic rings. The Morgan fingerprint density at radius 2 is 1.68 bits per heavy atom. The van der Waals surface area contributed by atoms with E-state index in [0.717, 1.165) is 22.4 Å². The molecule has 0 saturated carbocycles. The topological polar surface area (TPSA) is 59.1 Å². The van der Waals surface area contributed by atoms with Crippen LogP contribution in [0.25, 0.3) is 11.3 Å². The second-order valence-electron chi connectivity index (χ2n) is 6.02. The minimum atomic E-state index is -3.56. The highest BCUT2D eigenvalue weighted by Crippen LogP contribution is 2.22. The van der Waals surface area contributed by atoms with Crippen molar-refractivity contribution in [3.05, 3.63) is 83.6 Å². The van der Waals surface area contributed by atoms with Gasteiger partial charge in [0.1, 0.15) is 0 Å². The van der Waals surface area contributed by atoms with E-state index in [1.807, 2.05) is 56.3 Å². The van der Waals surface area contributed by atoms with Crippen molar-refractivity contribution in [2.75, 3.05) is 0 Å². The molecule has 0 aliphatic carbocycles. The molecule has 5 heteroatoms. The number of rotatable bonds is 5. The molecule has 1 aromatic heterocycles. The molecule has 0 bridgehead atoms. The van der Waals surface area contributed by atoms with Gasteiger partial charge in [0.05, 0.1) is 10.6 Å². The van der Waals surface area contributed by atoms with Crippen LogP contribution >= 0.6 is 0 Å². The van der Waals surface area contributed by atoms with Gasteiger partial charge in [0.25, 0.3) is 0 Å². The van der Waals surface area contributed by atoms with E-state index in [0.29, 0.717) is 0 Å². The van der Waals surface area contributed by atoms with Gasteiger partial charge in [-0.15, -0.1) is 0 Å². The predicted molar refractivity (Wildman–Crippen MR) is 99.6 cm³/mol. The lowest BCUT2D eigenvalue weighted by molar-refractivity contribution is 0.581. The molecule has 25 heavy (non-hydrogen) atoms. The Kier molecular flexibility index (Phi) is 4.97. The van der Waals surface area contributed by atoms with E-state index in [2.05, 4.69) is 9.71 Å². The van der Waals surface area contributed by atoms with Crippen LogP contribution in [-0.2, 0) is 16.6 Å². The number of aromatic nitrogens is 1. The maximum atomic E-state index is 12.5. The van der Waals surface area contributed by atoms with Crippen LogP contribution in [-0.4, -0.2) is 13.4 Å². The number of pyridine rings is 1. The SMILES string of the molecule is Cc1ccc(-c2ncccc2CNS(=O)(=O)c2cccc(C)c2)cc1. The summed E-state index contributed by atoms with van der Waals surface area (Å²) in [6.45, 7) is 4.09. The molecule has 1 heterocycles. The Balaban J connectivity index is 1.86. The first kappa shape index (κ1) is 17.3. The fourth-order valence-corrected chi connectivity index (χ4v) is 3.70. The molecule has 128 valence electrons. The largest absolute Gasteiger partial charge is 0.256 e. The lowest BCUT2D eigenvalue weighted by Crippen LogP contribution is -2.23. The molecule has 0 atom stereocenters. The van der Waals surface area contributed by atoms with Gasteiger partial charge in [0, 0.05) is 18.3 Å². The van der Waals surface area contributed by atoms with Crippen molar-refractivity contribution in [2.24, 2.45) is 0 Å². The maximum absolute atomic E-state index is 12.5. The van der Waals surface area contributed by atoms with Crippen molar-refractivity contribution < 1.29 is 8.42 Å². The third-order valence-electron chi connectivity index (χ3n) is 3.97. The summed E-state index contributed by atoms with van der Waals surface area (Å²) in [5, 5.41) is 0. The lowest BCUT2D eigenvalue weighted by Gasteiger charge is -2.11. The summed E-state index contributed by atoms with van der Waals surface area (Å²) in [5.74, 6) is 0. The van der Waals surface area contributed by atoms with Crippen LogP contribution in [0.2, 0.25) is 0 Å². The number of benzene rings is 2. The summed E-state index contributed by atoms with van der Waals surface area (Å²) in [6, 6.07) is 18.6. The zero-order valence-electron chi connectivity index (χ0n) is 14.2. The van der Waals surface area contributed by atoms with Crippen LogP contribution in [0.4, 0.5) is 0 Å². The molecule has 2 aromatic carbocycles. The van der Waals surface area contributed by atoms with E-state index in [9.17, 15) is 8.42 Å². The van der Waals surface area contributed by atoms with Gasteiger partial charge in [-0.05, 0) is 43.2 Å². The van der Waals surface area contributed by atoms with Gasteiger partial charge in [-0.3, -0.25) is 4.98 Å². The number of hydrogen-bond acceptors (Lipinski definition) is 3. The van der Waals surface area contributed by atoms with Crippen molar-refractivity contribution >= 4 is 10.0 Å². The number of nitrogens with one attached hydrogen (secondary N) is 1. The summed E-state index contributed by atoms with van der Waals surface area (Å²) < 4.78 is 27.7. The van der Waals surface area contributed by atoms with Gasteiger partial charge in [0.2, 0.25) is 10.0 Å². The molecular formula is C20H20N2O2S. The average molecular weight is 352 g/mol. The van der Waals surface area contributed by atoms with Crippen molar-refractivity contribution in [3.8, 4) is 11.3 Å². The molecule has 0 radical (unpaired) electrons. The number of hydrogen-bond donors (Lipinski definition) is 1. The Morgan fingerprint density at radius 3 is 2.40 bits per heavy atom. The van der Waals surface area contributed by atoms with Crippen LogP contribution in [0.15, 0.2) is 71.8 Å². The van der Waals surface area contributed by atoms with Gasteiger partial charge in [-0.2, -0.15) is 0 Å². The predicted octanol–water partition coefficient (Wildman–Crippen LogP) is 3.84. The first-order valence-electron chi connectivity index (χ1n) is 8.03. The zero-order valence-corrected chi connectivity index (χ0v) is 15.0. The van der Waals surface area contributed by atoms with Crippen molar-refractivity contribution in [1.29, 1.82) is 0 Å². The van der Waals surface area contributed by atoms with E-state index < -0.39 is 10.0 Å². The quantitative estimate of drug-likeness (QED) is 0.759. The van der Waals surface area contributed by atoms with Gasteiger partial charge < -0.3 is 0 Å². The molecule has 0 fully saturated rings. The number of nitrogens with zero attached hydrogens (tertiary/aromatic N) is 1. The summed E-state index contributed by atoms with van der Waals surface area (Å²) in [4.78, 5) is 4.70. The van der Waals surface area contributed by atoms with Crippen LogP contribution in [0.5, 0.6) is 0 Å². The van der Waals surface area contributed by atoms with Crippen LogP contribution in [0.1, 0.15) is 16.7 Å². The highest BCUT2D eigenvalue weighted by Gasteiger charge is 2.15. The highest BCUT2D eigenvalue weighted by molar-refractivity contribution is 7.89. The van der Waals surface area contributed by atoms with E-state index in [4.69, 9.17) is 0 Å². The Hall–Kier alpha value is -2.50. The van der Waals surface area contributed by atoms with E-state index in [1.165, 1.54) is 5.56 Å². The molecule has 0 amide bonds. The molecule has 0 saturated heterocycles. The van der Waals surface area contributed by atoms with Gasteiger partial charge >= 0.3 is 0 Å².